The van der Waals surface area contributed by atoms with Crippen LogP contribution in [-0.2, 0) is 9.47 Å². The number of nitrogens with one attached hydrogen (secondary N) is 2. The van der Waals surface area contributed by atoms with Crippen molar-refractivity contribution < 1.29 is 14.3 Å². The first-order chi connectivity index (χ1) is 21.1. The molecule has 2 amide bonds. The highest BCUT2D eigenvalue weighted by Gasteiger charge is 2.35. The van der Waals surface area contributed by atoms with Crippen molar-refractivity contribution >= 4 is 35.0 Å². The number of nitrogens with zero attached hydrogens (tertiary/aromatic N) is 7. The number of benzene rings is 2. The standard InChI is InChI=1S/C31H39N9O3/c1-37-12-14-38(15-13-37)25-8-6-24(7-9-25)33-31(41)32-23-4-2-22(3-5-23)28-34-29(39-16-18-42-19-17-39)36-30(35-28)40-20-26-10-11-27(21-40)43-26/h2-9,26-27H,10-21H2,1H3,(H2,32,33,41). The van der Waals surface area contributed by atoms with Gasteiger partial charge in [-0.05, 0) is 68.4 Å². The van der Waals surface area contributed by atoms with Crippen molar-refractivity contribution in [2.75, 3.05) is 98.0 Å². The lowest BCUT2D eigenvalue weighted by Crippen LogP contribution is -2.44. The second-order valence-corrected chi connectivity index (χ2v) is 11.7. The molecule has 2 N–H and O–H groups in total. The van der Waals surface area contributed by atoms with Gasteiger partial charge in [-0.2, -0.15) is 15.0 Å². The zero-order chi connectivity index (χ0) is 29.2. The molecule has 2 bridgehead atoms. The summed E-state index contributed by atoms with van der Waals surface area (Å²) in [4.78, 5) is 36.5. The van der Waals surface area contributed by atoms with Crippen LogP contribution in [0.3, 0.4) is 0 Å². The number of morpholine rings is 2. The molecule has 4 saturated heterocycles. The fourth-order valence-electron chi connectivity index (χ4n) is 6.12. The molecule has 7 rings (SSSR count). The SMILES string of the molecule is CN1CCN(c2ccc(NC(=O)Nc3ccc(-c4nc(N5CCOCC5)nc(N5CC6CCC(C5)O6)n4)cc3)cc2)CC1. The number of hydrogen-bond acceptors (Lipinski definition) is 10. The van der Waals surface area contributed by atoms with Crippen LogP contribution in [0.15, 0.2) is 48.5 Å². The molecule has 0 spiro atoms. The molecule has 2 atom stereocenters. The molecule has 3 aromatic rings. The van der Waals surface area contributed by atoms with E-state index in [1.165, 1.54) is 5.69 Å². The van der Waals surface area contributed by atoms with Crippen molar-refractivity contribution in [3.63, 3.8) is 0 Å². The van der Waals surface area contributed by atoms with E-state index < -0.39 is 0 Å². The lowest BCUT2D eigenvalue weighted by Gasteiger charge is -2.34. The highest BCUT2D eigenvalue weighted by Crippen LogP contribution is 2.30. The number of anilines is 5. The lowest BCUT2D eigenvalue weighted by molar-refractivity contribution is 0.0299. The topological polar surface area (TPSA) is 111 Å². The minimum Gasteiger partial charge on any atom is -0.378 e. The Balaban J connectivity index is 1.03. The smallest absolute Gasteiger partial charge is 0.323 e. The van der Waals surface area contributed by atoms with Crippen molar-refractivity contribution in [1.82, 2.24) is 19.9 Å². The largest absolute Gasteiger partial charge is 0.378 e. The number of aromatic nitrogens is 3. The van der Waals surface area contributed by atoms with Crippen molar-refractivity contribution in [2.24, 2.45) is 0 Å². The quantitative estimate of drug-likeness (QED) is 0.448. The second kappa shape index (κ2) is 12.3. The Morgan fingerprint density at radius 3 is 1.93 bits per heavy atom. The maximum Gasteiger partial charge on any atom is 0.323 e. The monoisotopic (exact) mass is 585 g/mol. The van der Waals surface area contributed by atoms with Crippen LogP contribution < -0.4 is 25.3 Å². The Hall–Kier alpha value is -4.00. The molecule has 1 aromatic heterocycles. The number of hydrogen-bond donors (Lipinski definition) is 2. The molecule has 0 radical (unpaired) electrons. The van der Waals surface area contributed by atoms with Gasteiger partial charge in [0, 0.05) is 75.0 Å². The highest BCUT2D eigenvalue weighted by molar-refractivity contribution is 5.99. The number of fused-ring (bicyclic) bond motifs is 2. The summed E-state index contributed by atoms with van der Waals surface area (Å²) in [6, 6.07) is 15.3. The fraction of sp³-hybridized carbons (Fsp3) is 0.484. The number of amides is 2. The number of carbonyl (C=O) groups excluding carboxylic acids is 1. The molecular formula is C31H39N9O3. The van der Waals surface area contributed by atoms with E-state index in [2.05, 4.69) is 49.4 Å². The number of piperazine rings is 1. The molecule has 4 fully saturated rings. The van der Waals surface area contributed by atoms with Gasteiger partial charge in [0.05, 0.1) is 25.4 Å². The van der Waals surface area contributed by atoms with Gasteiger partial charge >= 0.3 is 6.03 Å². The van der Waals surface area contributed by atoms with Gasteiger partial charge in [0.15, 0.2) is 5.82 Å². The normalized spacial score (nSPS) is 22.5. The Bertz CT molecular complexity index is 1400. The van der Waals surface area contributed by atoms with Gasteiger partial charge in [0.1, 0.15) is 0 Å². The summed E-state index contributed by atoms with van der Waals surface area (Å²) in [7, 11) is 2.15. The van der Waals surface area contributed by atoms with Gasteiger partial charge in [0.2, 0.25) is 11.9 Å². The van der Waals surface area contributed by atoms with Crippen LogP contribution in [0, 0.1) is 0 Å². The Kier molecular flexibility index (Phi) is 7.96. The fourth-order valence-corrected chi connectivity index (χ4v) is 6.12. The van der Waals surface area contributed by atoms with E-state index >= 15 is 0 Å². The molecule has 43 heavy (non-hydrogen) atoms. The zero-order valence-corrected chi connectivity index (χ0v) is 24.6. The van der Waals surface area contributed by atoms with Gasteiger partial charge < -0.3 is 39.7 Å². The van der Waals surface area contributed by atoms with E-state index in [4.69, 9.17) is 24.4 Å². The van der Waals surface area contributed by atoms with Crippen molar-refractivity contribution in [3.05, 3.63) is 48.5 Å². The molecule has 226 valence electrons. The van der Waals surface area contributed by atoms with Crippen molar-refractivity contribution in [3.8, 4) is 11.4 Å². The number of ether oxygens (including phenoxy) is 2. The summed E-state index contributed by atoms with van der Waals surface area (Å²) in [5, 5.41) is 5.86. The first-order valence-corrected chi connectivity index (χ1v) is 15.3. The van der Waals surface area contributed by atoms with E-state index in [9.17, 15) is 4.79 Å². The molecule has 5 heterocycles. The van der Waals surface area contributed by atoms with Crippen LogP contribution in [0.5, 0.6) is 0 Å². The molecule has 0 aliphatic carbocycles. The first kappa shape index (κ1) is 27.8. The maximum atomic E-state index is 12.8. The Morgan fingerprint density at radius 1 is 0.721 bits per heavy atom. The van der Waals surface area contributed by atoms with Crippen molar-refractivity contribution in [2.45, 2.75) is 25.0 Å². The number of likely N-dealkylation sites (N-methyl/N-ethyl adjacent to an activating group) is 1. The number of rotatable bonds is 6. The molecule has 2 aromatic carbocycles. The van der Waals surface area contributed by atoms with Gasteiger partial charge in [0.25, 0.3) is 0 Å². The third kappa shape index (κ3) is 6.51. The van der Waals surface area contributed by atoms with Gasteiger partial charge in [-0.1, -0.05) is 0 Å². The first-order valence-electron chi connectivity index (χ1n) is 15.3. The van der Waals surface area contributed by atoms with Crippen LogP contribution in [0.4, 0.5) is 33.8 Å². The predicted octanol–water partition coefficient (Wildman–Crippen LogP) is 3.14. The minimum atomic E-state index is -0.293. The van der Waals surface area contributed by atoms with Crippen molar-refractivity contribution in [1.29, 1.82) is 0 Å². The Morgan fingerprint density at radius 2 is 1.30 bits per heavy atom. The summed E-state index contributed by atoms with van der Waals surface area (Å²) < 4.78 is 11.6. The summed E-state index contributed by atoms with van der Waals surface area (Å²) >= 11 is 0. The molecule has 4 aliphatic heterocycles. The molecule has 2 unspecified atom stereocenters. The third-order valence-corrected chi connectivity index (χ3v) is 8.63. The average Bonchev–Trinajstić information content (AvgIpc) is 3.39. The summed E-state index contributed by atoms with van der Waals surface area (Å²) in [5.41, 5.74) is 3.47. The van der Waals surface area contributed by atoms with E-state index in [1.54, 1.807) is 0 Å². The van der Waals surface area contributed by atoms with Crippen LogP contribution in [0.25, 0.3) is 11.4 Å². The highest BCUT2D eigenvalue weighted by atomic mass is 16.5. The maximum absolute atomic E-state index is 12.8. The summed E-state index contributed by atoms with van der Waals surface area (Å²) in [6.07, 6.45) is 2.63. The van der Waals surface area contributed by atoms with E-state index in [-0.39, 0.29) is 18.2 Å². The van der Waals surface area contributed by atoms with Crippen LogP contribution in [-0.4, -0.2) is 111 Å². The molecular weight excluding hydrogens is 546 g/mol. The van der Waals surface area contributed by atoms with Gasteiger partial charge in [-0.25, -0.2) is 4.79 Å². The average molecular weight is 586 g/mol. The minimum absolute atomic E-state index is 0.234. The number of carbonyl (C=O) groups is 1. The van der Waals surface area contributed by atoms with E-state index in [0.717, 1.165) is 76.5 Å². The van der Waals surface area contributed by atoms with Crippen LogP contribution in [0.2, 0.25) is 0 Å². The van der Waals surface area contributed by atoms with Gasteiger partial charge in [-0.15, -0.1) is 0 Å². The molecule has 0 saturated carbocycles. The molecule has 12 nitrogen and oxygen atoms in total. The predicted molar refractivity (Wildman–Crippen MR) is 167 cm³/mol. The second-order valence-electron chi connectivity index (χ2n) is 11.7. The van der Waals surface area contributed by atoms with E-state index in [1.807, 2.05) is 36.4 Å². The lowest BCUT2D eigenvalue weighted by atomic mass is 10.2. The van der Waals surface area contributed by atoms with E-state index in [0.29, 0.717) is 36.6 Å². The van der Waals surface area contributed by atoms with Crippen LogP contribution >= 0.6 is 0 Å². The zero-order valence-electron chi connectivity index (χ0n) is 24.6. The Labute approximate surface area is 252 Å². The van der Waals surface area contributed by atoms with Gasteiger partial charge in [-0.3, -0.25) is 0 Å². The number of urea groups is 1. The van der Waals surface area contributed by atoms with Crippen LogP contribution in [0.1, 0.15) is 12.8 Å². The summed E-state index contributed by atoms with van der Waals surface area (Å²) in [6.45, 7) is 8.50. The molecule has 4 aliphatic rings. The summed E-state index contributed by atoms with van der Waals surface area (Å²) in [5.74, 6) is 1.97. The molecule has 12 heteroatoms. The third-order valence-electron chi connectivity index (χ3n) is 8.63.